The van der Waals surface area contributed by atoms with E-state index in [1.54, 1.807) is 19.1 Å². The molecule has 1 aliphatic carbocycles. The van der Waals surface area contributed by atoms with Crippen molar-refractivity contribution in [3.8, 4) is 0 Å². The lowest BCUT2D eigenvalue weighted by Crippen LogP contribution is -2.18. The fraction of sp³-hybridized carbons (Fsp3) is 0.412. The van der Waals surface area contributed by atoms with Gasteiger partial charge in [0.1, 0.15) is 10.8 Å². The first-order valence-corrected chi connectivity index (χ1v) is 8.70. The van der Waals surface area contributed by atoms with Crippen molar-refractivity contribution >= 4 is 28.2 Å². The summed E-state index contributed by atoms with van der Waals surface area (Å²) >= 11 is 1.47. The van der Waals surface area contributed by atoms with Gasteiger partial charge in [-0.3, -0.25) is 9.59 Å². The van der Waals surface area contributed by atoms with Crippen LogP contribution in [0.3, 0.4) is 0 Å². The highest BCUT2D eigenvalue weighted by Crippen LogP contribution is 2.37. The molecule has 2 aromatic rings. The molecule has 2 aromatic heterocycles. The topological polar surface area (TPSA) is 85.3 Å². The third-order valence-electron chi connectivity index (χ3n) is 4.11. The molecule has 0 saturated heterocycles. The highest BCUT2D eigenvalue weighted by atomic mass is 32.1. The highest BCUT2D eigenvalue weighted by molar-refractivity contribution is 7.17. The summed E-state index contributed by atoms with van der Waals surface area (Å²) in [4.78, 5) is 25.4. The minimum Gasteiger partial charge on any atom is -0.456 e. The van der Waals surface area contributed by atoms with Gasteiger partial charge in [-0.25, -0.2) is 0 Å². The van der Waals surface area contributed by atoms with Crippen LogP contribution in [0.1, 0.15) is 62.8 Å². The van der Waals surface area contributed by atoms with Crippen LogP contribution in [0.4, 0.5) is 5.00 Å². The Balaban J connectivity index is 1.93. The van der Waals surface area contributed by atoms with E-state index in [0.717, 1.165) is 31.2 Å². The molecule has 5 nitrogen and oxygen atoms in total. The monoisotopic (exact) mass is 332 g/mol. The van der Waals surface area contributed by atoms with Crippen molar-refractivity contribution in [1.82, 2.24) is 0 Å². The Morgan fingerprint density at radius 2 is 1.91 bits per heavy atom. The number of fused-ring (bicyclic) bond motifs is 1. The number of amides is 2. The molecular formula is C17H20N2O3S. The van der Waals surface area contributed by atoms with Gasteiger partial charge in [0.2, 0.25) is 0 Å². The van der Waals surface area contributed by atoms with Crippen molar-refractivity contribution in [2.24, 2.45) is 5.73 Å². The third-order valence-corrected chi connectivity index (χ3v) is 5.32. The summed E-state index contributed by atoms with van der Waals surface area (Å²) < 4.78 is 5.34. The molecule has 122 valence electrons. The minimum absolute atomic E-state index is 0.235. The molecule has 2 amide bonds. The second-order valence-corrected chi connectivity index (χ2v) is 6.96. The highest BCUT2D eigenvalue weighted by Gasteiger charge is 2.24. The van der Waals surface area contributed by atoms with Crippen LogP contribution in [0, 0.1) is 6.92 Å². The number of hydrogen-bond donors (Lipinski definition) is 2. The first-order valence-electron chi connectivity index (χ1n) is 7.88. The molecule has 6 heteroatoms. The van der Waals surface area contributed by atoms with Crippen LogP contribution in [0.15, 0.2) is 16.5 Å². The number of nitrogens with one attached hydrogen (secondary N) is 1. The molecule has 0 atom stereocenters. The fourth-order valence-electron chi connectivity index (χ4n) is 2.99. The molecule has 0 unspecified atom stereocenters. The van der Waals surface area contributed by atoms with Crippen LogP contribution in [0.25, 0.3) is 0 Å². The number of nitrogens with two attached hydrogens (primary N) is 1. The van der Waals surface area contributed by atoms with Crippen LogP contribution in [-0.4, -0.2) is 11.8 Å². The van der Waals surface area contributed by atoms with Gasteiger partial charge in [0.25, 0.3) is 11.8 Å². The van der Waals surface area contributed by atoms with E-state index in [4.69, 9.17) is 10.2 Å². The number of aryl methyl sites for hydroxylation is 2. The number of thiophene rings is 1. The van der Waals surface area contributed by atoms with Gasteiger partial charge >= 0.3 is 0 Å². The van der Waals surface area contributed by atoms with Crippen molar-refractivity contribution in [2.45, 2.75) is 45.4 Å². The number of rotatable bonds is 3. The maximum atomic E-state index is 12.3. The molecule has 0 saturated carbocycles. The second kappa shape index (κ2) is 6.58. The molecule has 0 radical (unpaired) electrons. The van der Waals surface area contributed by atoms with Crippen LogP contribution < -0.4 is 11.1 Å². The lowest BCUT2D eigenvalue weighted by Gasteiger charge is -2.10. The first-order chi connectivity index (χ1) is 11.1. The lowest BCUT2D eigenvalue weighted by molar-refractivity contribution is 0.0996. The predicted molar refractivity (Wildman–Crippen MR) is 90.1 cm³/mol. The van der Waals surface area contributed by atoms with Gasteiger partial charge in [-0.15, -0.1) is 11.3 Å². The zero-order valence-electron chi connectivity index (χ0n) is 13.1. The summed E-state index contributed by atoms with van der Waals surface area (Å²) in [5.74, 6) is 0.0753. The number of primary amides is 1. The summed E-state index contributed by atoms with van der Waals surface area (Å²) in [6.45, 7) is 1.78. The number of furan rings is 1. The Hall–Kier alpha value is -2.08. The normalized spacial score (nSPS) is 14.7. The van der Waals surface area contributed by atoms with Gasteiger partial charge in [-0.05, 0) is 50.3 Å². The molecule has 3 N–H and O–H groups in total. The minimum atomic E-state index is -0.478. The average Bonchev–Trinajstić information content (AvgIpc) is 3.03. The van der Waals surface area contributed by atoms with Crippen molar-refractivity contribution in [3.05, 3.63) is 39.7 Å². The predicted octanol–water partition coefficient (Wildman–Crippen LogP) is 3.66. The van der Waals surface area contributed by atoms with E-state index in [0.29, 0.717) is 16.3 Å². The van der Waals surface area contributed by atoms with Gasteiger partial charge in [-0.2, -0.15) is 0 Å². The molecule has 0 aromatic carbocycles. The standard InChI is InChI=1S/C17H20N2O3S/c1-10-8-9-12(22-10)16(21)19-17-14(15(18)20)11-6-4-2-3-5-7-13(11)23-17/h8-9H,2-7H2,1H3,(H2,18,20)(H,19,21). The molecule has 1 aliphatic rings. The molecule has 0 bridgehead atoms. The molecule has 23 heavy (non-hydrogen) atoms. The summed E-state index contributed by atoms with van der Waals surface area (Å²) in [5.41, 5.74) is 7.08. The maximum Gasteiger partial charge on any atom is 0.291 e. The maximum absolute atomic E-state index is 12.3. The summed E-state index contributed by atoms with van der Waals surface area (Å²) in [6.07, 6.45) is 6.32. The number of anilines is 1. The van der Waals surface area contributed by atoms with E-state index >= 15 is 0 Å². The zero-order valence-corrected chi connectivity index (χ0v) is 13.9. The van der Waals surface area contributed by atoms with Gasteiger partial charge in [0, 0.05) is 4.88 Å². The largest absolute Gasteiger partial charge is 0.456 e. The van der Waals surface area contributed by atoms with Gasteiger partial charge < -0.3 is 15.5 Å². The first kappa shape index (κ1) is 15.8. The molecule has 0 aliphatic heterocycles. The van der Waals surface area contributed by atoms with Gasteiger partial charge in [0.15, 0.2) is 5.76 Å². The van der Waals surface area contributed by atoms with E-state index < -0.39 is 5.91 Å². The SMILES string of the molecule is Cc1ccc(C(=O)Nc2sc3c(c2C(N)=O)CCCCCC3)o1. The van der Waals surface area contributed by atoms with E-state index in [1.165, 1.54) is 29.1 Å². The van der Waals surface area contributed by atoms with E-state index in [2.05, 4.69) is 5.32 Å². The van der Waals surface area contributed by atoms with Crippen LogP contribution in [0.2, 0.25) is 0 Å². The average molecular weight is 332 g/mol. The van der Waals surface area contributed by atoms with Crippen LogP contribution in [0.5, 0.6) is 0 Å². The van der Waals surface area contributed by atoms with Crippen molar-refractivity contribution in [2.75, 3.05) is 5.32 Å². The van der Waals surface area contributed by atoms with Crippen molar-refractivity contribution in [1.29, 1.82) is 0 Å². The molecule has 2 heterocycles. The van der Waals surface area contributed by atoms with Crippen LogP contribution >= 0.6 is 11.3 Å². The third kappa shape index (κ3) is 3.32. The number of carbonyl (C=O) groups excluding carboxylic acids is 2. The Labute approximate surface area is 138 Å². The molecule has 0 fully saturated rings. The van der Waals surface area contributed by atoms with E-state index in [-0.39, 0.29) is 11.7 Å². The fourth-order valence-corrected chi connectivity index (χ4v) is 4.28. The smallest absolute Gasteiger partial charge is 0.291 e. The molecule has 3 rings (SSSR count). The Kier molecular flexibility index (Phi) is 4.52. The van der Waals surface area contributed by atoms with Crippen molar-refractivity contribution in [3.63, 3.8) is 0 Å². The Morgan fingerprint density at radius 1 is 1.17 bits per heavy atom. The van der Waals surface area contributed by atoms with E-state index in [9.17, 15) is 9.59 Å². The lowest BCUT2D eigenvalue weighted by atomic mass is 9.96. The summed E-state index contributed by atoms with van der Waals surface area (Å²) in [7, 11) is 0. The molecule has 0 spiro atoms. The summed E-state index contributed by atoms with van der Waals surface area (Å²) in [5, 5.41) is 3.35. The Morgan fingerprint density at radius 3 is 2.57 bits per heavy atom. The number of carbonyl (C=O) groups is 2. The molecular weight excluding hydrogens is 312 g/mol. The number of hydrogen-bond acceptors (Lipinski definition) is 4. The summed E-state index contributed by atoms with van der Waals surface area (Å²) in [6, 6.07) is 3.36. The van der Waals surface area contributed by atoms with Crippen molar-refractivity contribution < 1.29 is 14.0 Å². The quantitative estimate of drug-likeness (QED) is 0.899. The zero-order chi connectivity index (χ0) is 16.4. The second-order valence-electron chi connectivity index (χ2n) is 5.85. The van der Waals surface area contributed by atoms with Gasteiger partial charge in [0.05, 0.1) is 5.56 Å². The Bertz CT molecular complexity index is 745. The van der Waals surface area contributed by atoms with E-state index in [1.807, 2.05) is 0 Å². The van der Waals surface area contributed by atoms with Gasteiger partial charge in [-0.1, -0.05) is 12.8 Å². The van der Waals surface area contributed by atoms with Crippen LogP contribution in [-0.2, 0) is 12.8 Å².